The molecule has 15 heavy (non-hydrogen) atoms. The maximum Gasteiger partial charge on any atom is 0.318 e. The fourth-order valence-corrected chi connectivity index (χ4v) is 2.91. The van der Waals surface area contributed by atoms with Gasteiger partial charge in [0.15, 0.2) is 0 Å². The zero-order valence-corrected chi connectivity index (χ0v) is 9.04. The first-order chi connectivity index (χ1) is 7.36. The largest absolute Gasteiger partial charge is 0.336 e. The lowest BCUT2D eigenvalue weighted by atomic mass is 10.0. The van der Waals surface area contributed by atoms with E-state index in [1.807, 2.05) is 0 Å². The van der Waals surface area contributed by atoms with Crippen molar-refractivity contribution in [3.63, 3.8) is 0 Å². The number of amides is 2. The number of nitrogens with one attached hydrogen (secondary N) is 2. The van der Waals surface area contributed by atoms with Gasteiger partial charge in [0, 0.05) is 19.1 Å². The normalized spacial score (nSPS) is 36.8. The SMILES string of the molecule is O=C1NC[C@@H](C2CC2)N1C1CCCNC1. The predicted molar refractivity (Wildman–Crippen MR) is 57.6 cm³/mol. The summed E-state index contributed by atoms with van der Waals surface area (Å²) < 4.78 is 0. The van der Waals surface area contributed by atoms with Crippen LogP contribution in [0.1, 0.15) is 25.7 Å². The van der Waals surface area contributed by atoms with Crippen molar-refractivity contribution in [3.05, 3.63) is 0 Å². The Balaban J connectivity index is 1.72. The van der Waals surface area contributed by atoms with Gasteiger partial charge in [-0.1, -0.05) is 0 Å². The Morgan fingerprint density at radius 2 is 2.07 bits per heavy atom. The fraction of sp³-hybridized carbons (Fsp3) is 0.909. The molecule has 1 aliphatic carbocycles. The smallest absolute Gasteiger partial charge is 0.318 e. The molecule has 4 nitrogen and oxygen atoms in total. The fourth-order valence-electron chi connectivity index (χ4n) is 2.91. The van der Waals surface area contributed by atoms with Crippen molar-refractivity contribution in [2.75, 3.05) is 19.6 Å². The van der Waals surface area contributed by atoms with Gasteiger partial charge in [0.2, 0.25) is 0 Å². The molecule has 0 aromatic carbocycles. The van der Waals surface area contributed by atoms with Crippen LogP contribution in [0.5, 0.6) is 0 Å². The van der Waals surface area contributed by atoms with Crippen molar-refractivity contribution in [1.29, 1.82) is 0 Å². The van der Waals surface area contributed by atoms with E-state index < -0.39 is 0 Å². The minimum absolute atomic E-state index is 0.167. The second kappa shape index (κ2) is 3.67. The Hall–Kier alpha value is -0.770. The number of urea groups is 1. The van der Waals surface area contributed by atoms with Gasteiger partial charge in [-0.15, -0.1) is 0 Å². The standard InChI is InChI=1S/C11H19N3O/c15-11-13-7-10(8-3-4-8)14(11)9-2-1-5-12-6-9/h8-10,12H,1-7H2,(H,13,15)/t9?,10-/m0/s1. The molecule has 2 amide bonds. The highest BCUT2D eigenvalue weighted by Crippen LogP contribution is 2.38. The highest BCUT2D eigenvalue weighted by molar-refractivity contribution is 5.77. The molecule has 0 aromatic heterocycles. The molecule has 1 unspecified atom stereocenters. The highest BCUT2D eigenvalue weighted by atomic mass is 16.2. The number of hydrogen-bond acceptors (Lipinski definition) is 2. The van der Waals surface area contributed by atoms with Gasteiger partial charge >= 0.3 is 6.03 Å². The molecule has 84 valence electrons. The zero-order chi connectivity index (χ0) is 10.3. The maximum atomic E-state index is 11.8. The molecular weight excluding hydrogens is 190 g/mol. The molecule has 2 N–H and O–H groups in total. The number of hydrogen-bond donors (Lipinski definition) is 2. The average Bonchev–Trinajstić information content (AvgIpc) is 3.04. The van der Waals surface area contributed by atoms with Crippen LogP contribution in [0, 0.1) is 5.92 Å². The number of carbonyl (C=O) groups is 1. The van der Waals surface area contributed by atoms with Crippen molar-refractivity contribution in [2.24, 2.45) is 5.92 Å². The van der Waals surface area contributed by atoms with Crippen LogP contribution in [-0.4, -0.2) is 42.6 Å². The molecule has 3 rings (SSSR count). The first-order valence-corrected chi connectivity index (χ1v) is 6.13. The third-order valence-electron chi connectivity index (χ3n) is 3.88. The van der Waals surface area contributed by atoms with E-state index in [9.17, 15) is 4.79 Å². The summed E-state index contributed by atoms with van der Waals surface area (Å²) in [7, 11) is 0. The summed E-state index contributed by atoms with van der Waals surface area (Å²) in [5, 5.41) is 6.39. The lowest BCUT2D eigenvalue weighted by Gasteiger charge is -2.34. The van der Waals surface area contributed by atoms with Gasteiger partial charge in [-0.3, -0.25) is 0 Å². The summed E-state index contributed by atoms with van der Waals surface area (Å²) in [5.74, 6) is 0.783. The molecule has 3 aliphatic rings. The summed E-state index contributed by atoms with van der Waals surface area (Å²) >= 11 is 0. The molecule has 2 aliphatic heterocycles. The molecule has 4 heteroatoms. The van der Waals surface area contributed by atoms with E-state index in [4.69, 9.17) is 0 Å². The summed E-state index contributed by atoms with van der Waals surface area (Å²) in [6.07, 6.45) is 5.00. The Kier molecular flexibility index (Phi) is 2.31. The number of rotatable bonds is 2. The zero-order valence-electron chi connectivity index (χ0n) is 9.04. The van der Waals surface area contributed by atoms with E-state index in [2.05, 4.69) is 15.5 Å². The number of piperidine rings is 1. The van der Waals surface area contributed by atoms with Gasteiger partial charge in [0.05, 0.1) is 6.04 Å². The molecular formula is C11H19N3O. The molecule has 3 fully saturated rings. The van der Waals surface area contributed by atoms with E-state index >= 15 is 0 Å². The van der Waals surface area contributed by atoms with Crippen LogP contribution in [0.3, 0.4) is 0 Å². The Morgan fingerprint density at radius 3 is 2.73 bits per heavy atom. The van der Waals surface area contributed by atoms with Gasteiger partial charge in [-0.2, -0.15) is 0 Å². The van der Waals surface area contributed by atoms with Crippen molar-refractivity contribution < 1.29 is 4.79 Å². The second-order valence-corrected chi connectivity index (χ2v) is 5.00. The third kappa shape index (κ3) is 1.71. The minimum Gasteiger partial charge on any atom is -0.336 e. The lowest BCUT2D eigenvalue weighted by Crippen LogP contribution is -2.50. The molecule has 2 saturated heterocycles. The highest BCUT2D eigenvalue weighted by Gasteiger charge is 2.44. The van der Waals surface area contributed by atoms with Gasteiger partial charge in [0.25, 0.3) is 0 Å². The van der Waals surface area contributed by atoms with E-state index in [0.717, 1.165) is 25.6 Å². The second-order valence-electron chi connectivity index (χ2n) is 5.00. The third-order valence-corrected chi connectivity index (χ3v) is 3.88. The average molecular weight is 209 g/mol. The summed E-state index contributed by atoms with van der Waals surface area (Å²) in [6.45, 7) is 2.97. The molecule has 0 bridgehead atoms. The van der Waals surface area contributed by atoms with E-state index in [1.165, 1.54) is 25.7 Å². The minimum atomic E-state index is 0.167. The van der Waals surface area contributed by atoms with Gasteiger partial charge in [-0.05, 0) is 38.1 Å². The van der Waals surface area contributed by atoms with Gasteiger partial charge in [-0.25, -0.2) is 4.79 Å². The van der Waals surface area contributed by atoms with E-state index in [0.29, 0.717) is 12.1 Å². The molecule has 0 spiro atoms. The Labute approximate surface area is 90.4 Å². The molecule has 0 radical (unpaired) electrons. The van der Waals surface area contributed by atoms with Crippen LogP contribution in [0.4, 0.5) is 4.79 Å². The summed E-state index contributed by atoms with van der Waals surface area (Å²) in [4.78, 5) is 13.9. The molecule has 1 saturated carbocycles. The molecule has 2 atom stereocenters. The van der Waals surface area contributed by atoms with Crippen molar-refractivity contribution in [1.82, 2.24) is 15.5 Å². The first kappa shape index (κ1) is 9.46. The molecule has 2 heterocycles. The van der Waals surface area contributed by atoms with Gasteiger partial charge in [0.1, 0.15) is 0 Å². The van der Waals surface area contributed by atoms with E-state index in [1.54, 1.807) is 0 Å². The van der Waals surface area contributed by atoms with Crippen molar-refractivity contribution in [3.8, 4) is 0 Å². The lowest BCUT2D eigenvalue weighted by molar-refractivity contribution is 0.151. The predicted octanol–water partition coefficient (Wildman–Crippen LogP) is 0.542. The number of nitrogens with zero attached hydrogens (tertiary/aromatic N) is 1. The van der Waals surface area contributed by atoms with Crippen molar-refractivity contribution >= 4 is 6.03 Å². The van der Waals surface area contributed by atoms with Gasteiger partial charge < -0.3 is 15.5 Å². The monoisotopic (exact) mass is 209 g/mol. The Morgan fingerprint density at radius 1 is 1.20 bits per heavy atom. The van der Waals surface area contributed by atoms with E-state index in [-0.39, 0.29) is 6.03 Å². The summed E-state index contributed by atoms with van der Waals surface area (Å²) in [5.41, 5.74) is 0. The molecule has 0 aromatic rings. The van der Waals surface area contributed by atoms with Crippen molar-refractivity contribution in [2.45, 2.75) is 37.8 Å². The topological polar surface area (TPSA) is 44.4 Å². The van der Waals surface area contributed by atoms with Crippen LogP contribution in [-0.2, 0) is 0 Å². The maximum absolute atomic E-state index is 11.8. The summed E-state index contributed by atoms with van der Waals surface area (Å²) in [6, 6.07) is 1.09. The van der Waals surface area contributed by atoms with Crippen LogP contribution >= 0.6 is 0 Å². The number of carbonyl (C=O) groups excluding carboxylic acids is 1. The van der Waals surface area contributed by atoms with Crippen LogP contribution in [0.2, 0.25) is 0 Å². The first-order valence-electron chi connectivity index (χ1n) is 6.13. The van der Waals surface area contributed by atoms with Crippen LogP contribution in [0.25, 0.3) is 0 Å². The quantitative estimate of drug-likeness (QED) is 0.697. The van der Waals surface area contributed by atoms with Crippen LogP contribution < -0.4 is 10.6 Å². The Bertz CT molecular complexity index is 259. The van der Waals surface area contributed by atoms with Crippen LogP contribution in [0.15, 0.2) is 0 Å².